The first kappa shape index (κ1) is 17.8. The molecule has 0 aliphatic carbocycles. The molecule has 2 aromatic rings. The third-order valence-electron chi connectivity index (χ3n) is 3.11. The molecule has 0 saturated carbocycles. The van der Waals surface area contributed by atoms with Crippen LogP contribution in [0.3, 0.4) is 0 Å². The van der Waals surface area contributed by atoms with E-state index in [2.05, 4.69) is 4.74 Å². The molecular weight excluding hydrogens is 338 g/mol. The van der Waals surface area contributed by atoms with E-state index in [0.717, 1.165) is 31.2 Å². The molecule has 0 atom stereocenters. The fourth-order valence-corrected chi connectivity index (χ4v) is 2.14. The van der Waals surface area contributed by atoms with Gasteiger partial charge in [0.2, 0.25) is 0 Å². The van der Waals surface area contributed by atoms with Crippen LogP contribution in [0.1, 0.15) is 22.8 Å². The first-order chi connectivity index (χ1) is 11.0. The van der Waals surface area contributed by atoms with E-state index in [9.17, 15) is 31.1 Å². The van der Waals surface area contributed by atoms with Crippen molar-refractivity contribution in [2.24, 2.45) is 0 Å². The maximum absolute atomic E-state index is 13.1. The molecule has 128 valence electrons. The number of alkyl halides is 6. The number of Topliss-reactive ketones (excluding diaryl/α,β-unsaturated/α-hetero) is 1. The van der Waals surface area contributed by atoms with Gasteiger partial charge in [0.05, 0.1) is 5.56 Å². The summed E-state index contributed by atoms with van der Waals surface area (Å²) >= 11 is 0. The zero-order chi connectivity index (χ0) is 18.1. The number of carbonyl (C=O) groups excluding carboxylic acids is 1. The molecular formula is C16H10F6O2. The van der Waals surface area contributed by atoms with E-state index in [1.807, 2.05) is 0 Å². The van der Waals surface area contributed by atoms with E-state index in [1.54, 1.807) is 0 Å². The summed E-state index contributed by atoms with van der Waals surface area (Å²) < 4.78 is 79.7. The predicted octanol–water partition coefficient (Wildman–Crippen LogP) is 5.47. The fourth-order valence-electron chi connectivity index (χ4n) is 2.14. The third kappa shape index (κ3) is 4.27. The Kier molecular flexibility index (Phi) is 4.59. The van der Waals surface area contributed by atoms with Crippen molar-refractivity contribution in [2.45, 2.75) is 19.5 Å². The summed E-state index contributed by atoms with van der Waals surface area (Å²) in [6, 6.07) is 7.52. The smallest absolute Gasteiger partial charge is 0.406 e. The molecule has 0 aromatic heterocycles. The van der Waals surface area contributed by atoms with Gasteiger partial charge in [-0.2, -0.15) is 13.2 Å². The van der Waals surface area contributed by atoms with Gasteiger partial charge in [-0.05, 0) is 36.2 Å². The first-order valence-corrected chi connectivity index (χ1v) is 6.56. The van der Waals surface area contributed by atoms with Gasteiger partial charge in [0.25, 0.3) is 0 Å². The monoisotopic (exact) mass is 348 g/mol. The van der Waals surface area contributed by atoms with Crippen LogP contribution in [-0.2, 0) is 6.18 Å². The highest BCUT2D eigenvalue weighted by Gasteiger charge is 2.35. The maximum atomic E-state index is 13.1. The number of hydrogen-bond acceptors (Lipinski definition) is 2. The molecule has 0 aliphatic rings. The summed E-state index contributed by atoms with van der Waals surface area (Å²) in [5.74, 6) is -1.31. The molecule has 2 nitrogen and oxygen atoms in total. The summed E-state index contributed by atoms with van der Waals surface area (Å²) in [5, 5.41) is 0. The average Bonchev–Trinajstić information content (AvgIpc) is 2.44. The van der Waals surface area contributed by atoms with Gasteiger partial charge < -0.3 is 4.74 Å². The minimum Gasteiger partial charge on any atom is -0.406 e. The Labute approximate surface area is 132 Å². The lowest BCUT2D eigenvalue weighted by Crippen LogP contribution is -2.17. The van der Waals surface area contributed by atoms with Gasteiger partial charge in [-0.25, -0.2) is 0 Å². The van der Waals surface area contributed by atoms with E-state index < -0.39 is 35.2 Å². The van der Waals surface area contributed by atoms with Gasteiger partial charge in [0, 0.05) is 5.56 Å². The van der Waals surface area contributed by atoms with Crippen LogP contribution < -0.4 is 4.74 Å². The van der Waals surface area contributed by atoms with Crippen LogP contribution in [0, 0.1) is 0 Å². The Morgan fingerprint density at radius 3 is 2.08 bits per heavy atom. The second-order valence-corrected chi connectivity index (χ2v) is 4.89. The van der Waals surface area contributed by atoms with Crippen LogP contribution >= 0.6 is 0 Å². The molecule has 0 saturated heterocycles. The van der Waals surface area contributed by atoms with Gasteiger partial charge in [0.15, 0.2) is 5.78 Å². The van der Waals surface area contributed by atoms with E-state index in [4.69, 9.17) is 0 Å². The van der Waals surface area contributed by atoms with Crippen molar-refractivity contribution >= 4 is 5.78 Å². The summed E-state index contributed by atoms with van der Waals surface area (Å²) in [4.78, 5) is 11.3. The minimum absolute atomic E-state index is 0.0138. The molecule has 0 spiro atoms. The SMILES string of the molecule is CC(=O)c1ccc(-c2cccc(OC(F)(F)F)c2)cc1C(F)(F)F. The summed E-state index contributed by atoms with van der Waals surface area (Å²) in [6.45, 7) is 1.00. The van der Waals surface area contributed by atoms with Crippen molar-refractivity contribution in [1.29, 1.82) is 0 Å². The van der Waals surface area contributed by atoms with E-state index >= 15 is 0 Å². The van der Waals surface area contributed by atoms with Crippen molar-refractivity contribution in [3.8, 4) is 16.9 Å². The summed E-state index contributed by atoms with van der Waals surface area (Å²) in [7, 11) is 0. The van der Waals surface area contributed by atoms with Crippen LogP contribution in [0.5, 0.6) is 5.75 Å². The molecule has 0 amide bonds. The molecule has 0 bridgehead atoms. The Morgan fingerprint density at radius 1 is 0.917 bits per heavy atom. The third-order valence-corrected chi connectivity index (χ3v) is 3.11. The largest absolute Gasteiger partial charge is 0.573 e. The zero-order valence-corrected chi connectivity index (χ0v) is 12.1. The van der Waals surface area contributed by atoms with Crippen LogP contribution in [0.15, 0.2) is 42.5 Å². The second kappa shape index (κ2) is 6.18. The van der Waals surface area contributed by atoms with E-state index in [1.165, 1.54) is 18.2 Å². The van der Waals surface area contributed by atoms with Crippen LogP contribution in [0.25, 0.3) is 11.1 Å². The van der Waals surface area contributed by atoms with Gasteiger partial charge in [-0.1, -0.05) is 24.3 Å². The normalized spacial score (nSPS) is 12.1. The number of ketones is 1. The molecule has 0 unspecified atom stereocenters. The van der Waals surface area contributed by atoms with Crippen LogP contribution in [-0.4, -0.2) is 12.1 Å². The Bertz CT molecular complexity index is 762. The minimum atomic E-state index is -4.91. The van der Waals surface area contributed by atoms with Gasteiger partial charge in [-0.15, -0.1) is 13.2 Å². The number of halogens is 6. The highest BCUT2D eigenvalue weighted by molar-refractivity contribution is 5.96. The molecule has 0 aliphatic heterocycles. The Morgan fingerprint density at radius 2 is 1.54 bits per heavy atom. The number of ether oxygens (including phenoxy) is 1. The van der Waals surface area contributed by atoms with Gasteiger partial charge in [-0.3, -0.25) is 4.79 Å². The first-order valence-electron chi connectivity index (χ1n) is 6.56. The van der Waals surface area contributed by atoms with Gasteiger partial charge in [0.1, 0.15) is 5.75 Å². The molecule has 0 fully saturated rings. The lowest BCUT2D eigenvalue weighted by molar-refractivity contribution is -0.274. The fraction of sp³-hybridized carbons (Fsp3) is 0.188. The lowest BCUT2D eigenvalue weighted by Gasteiger charge is -2.14. The van der Waals surface area contributed by atoms with Gasteiger partial charge >= 0.3 is 12.5 Å². The molecule has 0 heterocycles. The summed E-state index contributed by atoms with van der Waals surface area (Å²) in [5.41, 5.74) is -1.54. The molecule has 2 aromatic carbocycles. The summed E-state index contributed by atoms with van der Waals surface area (Å²) in [6.07, 6.45) is -9.68. The van der Waals surface area contributed by atoms with Crippen molar-refractivity contribution in [1.82, 2.24) is 0 Å². The number of benzene rings is 2. The topological polar surface area (TPSA) is 26.3 Å². The predicted molar refractivity (Wildman–Crippen MR) is 73.6 cm³/mol. The van der Waals surface area contributed by atoms with Crippen LogP contribution in [0.4, 0.5) is 26.3 Å². The van der Waals surface area contributed by atoms with E-state index in [0.29, 0.717) is 0 Å². The van der Waals surface area contributed by atoms with Crippen molar-refractivity contribution < 1.29 is 35.9 Å². The number of carbonyl (C=O) groups is 1. The molecule has 0 radical (unpaired) electrons. The second-order valence-electron chi connectivity index (χ2n) is 4.89. The van der Waals surface area contributed by atoms with Crippen molar-refractivity contribution in [3.05, 3.63) is 53.6 Å². The highest BCUT2D eigenvalue weighted by Crippen LogP contribution is 2.36. The molecule has 24 heavy (non-hydrogen) atoms. The highest BCUT2D eigenvalue weighted by atomic mass is 19.4. The molecule has 2 rings (SSSR count). The standard InChI is InChI=1S/C16H10F6O2/c1-9(23)13-6-5-11(8-14(13)15(17,18)19)10-3-2-4-12(7-10)24-16(20,21)22/h2-8H,1H3. The molecule has 8 heteroatoms. The Balaban J connectivity index is 2.50. The van der Waals surface area contributed by atoms with Crippen molar-refractivity contribution in [3.63, 3.8) is 0 Å². The van der Waals surface area contributed by atoms with E-state index in [-0.39, 0.29) is 11.1 Å². The number of rotatable bonds is 3. The lowest BCUT2D eigenvalue weighted by atomic mass is 9.97. The molecule has 0 N–H and O–H groups in total. The zero-order valence-electron chi connectivity index (χ0n) is 12.1. The number of hydrogen-bond donors (Lipinski definition) is 0. The van der Waals surface area contributed by atoms with Crippen molar-refractivity contribution in [2.75, 3.05) is 0 Å². The average molecular weight is 348 g/mol. The van der Waals surface area contributed by atoms with Crippen LogP contribution in [0.2, 0.25) is 0 Å². The maximum Gasteiger partial charge on any atom is 0.573 e. The quantitative estimate of drug-likeness (QED) is 0.543. The Hall–Kier alpha value is -2.51.